The summed E-state index contributed by atoms with van der Waals surface area (Å²) >= 11 is 0. The van der Waals surface area contributed by atoms with Gasteiger partial charge in [0.1, 0.15) is 11.6 Å². The zero-order valence-electron chi connectivity index (χ0n) is 10.6. The molecule has 0 radical (unpaired) electrons. The second-order valence-corrected chi connectivity index (χ2v) is 4.69. The third-order valence-electron chi connectivity index (χ3n) is 3.08. The predicted octanol–water partition coefficient (Wildman–Crippen LogP) is 4.37. The van der Waals surface area contributed by atoms with Crippen molar-refractivity contribution in [3.8, 4) is 0 Å². The third-order valence-corrected chi connectivity index (χ3v) is 3.08. The molecule has 0 bridgehead atoms. The fourth-order valence-corrected chi connectivity index (χ4v) is 1.98. The average molecular weight is 246 g/mol. The quantitative estimate of drug-likeness (QED) is 0.754. The molecule has 0 saturated heterocycles. The van der Waals surface area contributed by atoms with Crippen molar-refractivity contribution in [2.45, 2.75) is 26.7 Å². The van der Waals surface area contributed by atoms with E-state index in [9.17, 15) is 8.78 Å². The molecular weight excluding hydrogens is 230 g/mol. The third kappa shape index (κ3) is 2.95. The van der Waals surface area contributed by atoms with Crippen molar-refractivity contribution >= 4 is 0 Å². The van der Waals surface area contributed by atoms with E-state index in [0.717, 1.165) is 11.1 Å². The first-order valence-electron chi connectivity index (χ1n) is 6.06. The molecule has 0 aliphatic carbocycles. The van der Waals surface area contributed by atoms with Gasteiger partial charge in [0.15, 0.2) is 0 Å². The van der Waals surface area contributed by atoms with E-state index in [1.54, 1.807) is 12.1 Å². The minimum absolute atomic E-state index is 0.206. The van der Waals surface area contributed by atoms with Gasteiger partial charge in [-0.3, -0.25) is 0 Å². The van der Waals surface area contributed by atoms with Crippen LogP contribution in [0.4, 0.5) is 8.78 Å². The number of halogens is 2. The van der Waals surface area contributed by atoms with E-state index >= 15 is 0 Å². The number of rotatable bonds is 3. The van der Waals surface area contributed by atoms with Gasteiger partial charge in [0.25, 0.3) is 0 Å². The van der Waals surface area contributed by atoms with Crippen molar-refractivity contribution in [1.82, 2.24) is 0 Å². The lowest BCUT2D eigenvalue weighted by Crippen LogP contribution is -1.98. The van der Waals surface area contributed by atoms with E-state index in [0.29, 0.717) is 24.0 Å². The molecule has 0 heterocycles. The SMILES string of the molecule is Cc1ccc(CCc2ccc(C)cc2F)c(F)c1. The van der Waals surface area contributed by atoms with Gasteiger partial charge in [0.2, 0.25) is 0 Å². The van der Waals surface area contributed by atoms with Gasteiger partial charge in [-0.1, -0.05) is 24.3 Å². The number of aryl methyl sites for hydroxylation is 4. The summed E-state index contributed by atoms with van der Waals surface area (Å²) in [6.07, 6.45) is 1.04. The summed E-state index contributed by atoms with van der Waals surface area (Å²) < 4.78 is 27.2. The van der Waals surface area contributed by atoms with Gasteiger partial charge in [-0.25, -0.2) is 8.78 Å². The van der Waals surface area contributed by atoms with Gasteiger partial charge < -0.3 is 0 Å². The molecule has 18 heavy (non-hydrogen) atoms. The first-order valence-corrected chi connectivity index (χ1v) is 6.06. The van der Waals surface area contributed by atoms with Gasteiger partial charge in [-0.05, 0) is 61.1 Å². The van der Waals surface area contributed by atoms with Gasteiger partial charge in [-0.2, -0.15) is 0 Å². The van der Waals surface area contributed by atoms with Crippen molar-refractivity contribution < 1.29 is 8.78 Å². The maximum Gasteiger partial charge on any atom is 0.126 e. The molecule has 2 rings (SSSR count). The van der Waals surface area contributed by atoms with E-state index in [1.807, 2.05) is 26.0 Å². The van der Waals surface area contributed by atoms with Gasteiger partial charge in [-0.15, -0.1) is 0 Å². The van der Waals surface area contributed by atoms with E-state index < -0.39 is 0 Å². The fourth-order valence-electron chi connectivity index (χ4n) is 1.98. The summed E-state index contributed by atoms with van der Waals surface area (Å²) in [6.45, 7) is 3.71. The van der Waals surface area contributed by atoms with Gasteiger partial charge in [0, 0.05) is 0 Å². The summed E-state index contributed by atoms with van der Waals surface area (Å²) in [6, 6.07) is 10.3. The minimum Gasteiger partial charge on any atom is -0.207 e. The Morgan fingerprint density at radius 2 is 1.11 bits per heavy atom. The Bertz CT molecular complexity index is 508. The largest absolute Gasteiger partial charge is 0.207 e. The van der Waals surface area contributed by atoms with Crippen LogP contribution in [-0.2, 0) is 12.8 Å². The van der Waals surface area contributed by atoms with E-state index in [1.165, 1.54) is 12.1 Å². The summed E-state index contributed by atoms with van der Waals surface area (Å²) in [5, 5.41) is 0. The van der Waals surface area contributed by atoms with Crippen molar-refractivity contribution in [2.75, 3.05) is 0 Å². The smallest absolute Gasteiger partial charge is 0.126 e. The van der Waals surface area contributed by atoms with Crippen LogP contribution in [0.2, 0.25) is 0 Å². The molecule has 0 aliphatic heterocycles. The van der Waals surface area contributed by atoms with E-state index in [2.05, 4.69) is 0 Å². The molecule has 0 amide bonds. The van der Waals surface area contributed by atoms with Crippen LogP contribution in [0.1, 0.15) is 22.3 Å². The van der Waals surface area contributed by atoms with Crippen LogP contribution in [0.15, 0.2) is 36.4 Å². The van der Waals surface area contributed by atoms with Gasteiger partial charge >= 0.3 is 0 Å². The van der Waals surface area contributed by atoms with Crippen LogP contribution in [-0.4, -0.2) is 0 Å². The highest BCUT2D eigenvalue weighted by molar-refractivity contribution is 5.27. The van der Waals surface area contributed by atoms with Crippen molar-refractivity contribution in [2.24, 2.45) is 0 Å². The Hall–Kier alpha value is -1.70. The molecule has 0 aromatic heterocycles. The molecule has 0 nitrogen and oxygen atoms in total. The molecular formula is C16H16F2. The lowest BCUT2D eigenvalue weighted by molar-refractivity contribution is 0.594. The van der Waals surface area contributed by atoms with Gasteiger partial charge in [0.05, 0.1) is 0 Å². The maximum absolute atomic E-state index is 13.6. The fraction of sp³-hybridized carbons (Fsp3) is 0.250. The first kappa shape index (κ1) is 12.7. The Kier molecular flexibility index (Phi) is 3.75. The van der Waals surface area contributed by atoms with E-state index in [4.69, 9.17) is 0 Å². The Morgan fingerprint density at radius 3 is 1.44 bits per heavy atom. The maximum atomic E-state index is 13.6. The minimum atomic E-state index is -0.206. The standard InChI is InChI=1S/C16H16F2/c1-11-3-5-13(15(17)9-11)7-8-14-6-4-12(2)10-16(14)18/h3-6,9-10H,7-8H2,1-2H3. The Labute approximate surface area is 106 Å². The topological polar surface area (TPSA) is 0 Å². The Morgan fingerprint density at radius 1 is 0.722 bits per heavy atom. The second-order valence-electron chi connectivity index (χ2n) is 4.69. The van der Waals surface area contributed by atoms with E-state index in [-0.39, 0.29) is 11.6 Å². The molecule has 0 spiro atoms. The van der Waals surface area contributed by atoms with Crippen LogP contribution in [0.5, 0.6) is 0 Å². The molecule has 2 aromatic rings. The highest BCUT2D eigenvalue weighted by Gasteiger charge is 2.06. The molecule has 0 N–H and O–H groups in total. The summed E-state index contributed by atoms with van der Waals surface area (Å²) in [7, 11) is 0. The molecule has 0 aliphatic rings. The van der Waals surface area contributed by atoms with Crippen molar-refractivity contribution in [1.29, 1.82) is 0 Å². The summed E-state index contributed by atoms with van der Waals surface area (Å²) in [4.78, 5) is 0. The second kappa shape index (κ2) is 5.30. The van der Waals surface area contributed by atoms with Crippen molar-refractivity contribution in [3.63, 3.8) is 0 Å². The Balaban J connectivity index is 2.11. The molecule has 0 atom stereocenters. The molecule has 2 heteroatoms. The molecule has 0 saturated carbocycles. The monoisotopic (exact) mass is 246 g/mol. The predicted molar refractivity (Wildman–Crippen MR) is 69.7 cm³/mol. The number of hydrogen-bond donors (Lipinski definition) is 0. The highest BCUT2D eigenvalue weighted by atomic mass is 19.1. The highest BCUT2D eigenvalue weighted by Crippen LogP contribution is 2.16. The summed E-state index contributed by atoms with van der Waals surface area (Å²) in [5.41, 5.74) is 3.08. The number of hydrogen-bond acceptors (Lipinski definition) is 0. The molecule has 2 aromatic carbocycles. The normalized spacial score (nSPS) is 10.7. The van der Waals surface area contributed by atoms with Crippen molar-refractivity contribution in [3.05, 3.63) is 70.3 Å². The summed E-state index contributed by atoms with van der Waals surface area (Å²) in [5.74, 6) is -0.412. The molecule has 94 valence electrons. The lowest BCUT2D eigenvalue weighted by atomic mass is 10.0. The molecule has 0 fully saturated rings. The van der Waals surface area contributed by atoms with Crippen LogP contribution >= 0.6 is 0 Å². The van der Waals surface area contributed by atoms with Crippen LogP contribution in [0, 0.1) is 25.5 Å². The lowest BCUT2D eigenvalue weighted by Gasteiger charge is -2.06. The first-order chi connectivity index (χ1) is 8.56. The van der Waals surface area contributed by atoms with Crippen LogP contribution in [0.25, 0.3) is 0 Å². The number of benzene rings is 2. The van der Waals surface area contributed by atoms with Crippen LogP contribution in [0.3, 0.4) is 0 Å². The zero-order chi connectivity index (χ0) is 13.1. The average Bonchev–Trinajstić information content (AvgIpc) is 2.30. The zero-order valence-corrected chi connectivity index (χ0v) is 10.6. The van der Waals surface area contributed by atoms with Crippen LogP contribution < -0.4 is 0 Å². The molecule has 0 unspecified atom stereocenters.